The Bertz CT molecular complexity index is 1720. The van der Waals surface area contributed by atoms with Gasteiger partial charge in [0.05, 0.1) is 5.69 Å². The molecule has 1 aromatic carbocycles. The van der Waals surface area contributed by atoms with Crippen LogP contribution in [0.4, 0.5) is 10.5 Å². The number of rotatable bonds is 14. The fraction of sp³-hybridized carbons (Fsp3) is 0.579. The Morgan fingerprint density at radius 2 is 1.53 bits per heavy atom. The van der Waals surface area contributed by atoms with E-state index in [1.165, 1.54) is 0 Å². The number of nitrogens with one attached hydrogen (secondary N) is 3. The largest absolute Gasteiger partial charge is 0.444 e. The van der Waals surface area contributed by atoms with Crippen molar-refractivity contribution in [2.75, 3.05) is 5.32 Å². The number of amides is 3. The summed E-state index contributed by atoms with van der Waals surface area (Å²) < 4.78 is 14.2. The number of nitrogens with zero attached hydrogens (tertiary/aromatic N) is 4. The third-order valence-corrected chi connectivity index (χ3v) is 9.42. The molecule has 0 radical (unpaired) electrons. The monoisotopic (exact) mass is 703 g/mol. The van der Waals surface area contributed by atoms with Crippen LogP contribution in [0.3, 0.4) is 0 Å². The lowest BCUT2D eigenvalue weighted by Crippen LogP contribution is -2.50. The third-order valence-electron chi connectivity index (χ3n) is 9.42. The first-order valence-electron chi connectivity index (χ1n) is 18.0. The molecule has 2 aliphatic carbocycles. The van der Waals surface area contributed by atoms with E-state index in [9.17, 15) is 19.2 Å². The number of benzene rings is 1. The van der Waals surface area contributed by atoms with Crippen molar-refractivity contribution in [2.45, 2.75) is 118 Å². The van der Waals surface area contributed by atoms with Gasteiger partial charge in [-0.05, 0) is 122 Å². The van der Waals surface area contributed by atoms with Gasteiger partial charge in [-0.2, -0.15) is 10.2 Å². The summed E-state index contributed by atoms with van der Waals surface area (Å²) >= 11 is 0. The van der Waals surface area contributed by atoms with Crippen LogP contribution < -0.4 is 16.0 Å². The van der Waals surface area contributed by atoms with E-state index in [0.717, 1.165) is 48.2 Å². The molecule has 3 N–H and O–H groups in total. The molecule has 2 aromatic heterocycles. The first-order chi connectivity index (χ1) is 24.0. The van der Waals surface area contributed by atoms with Crippen LogP contribution in [0.5, 0.6) is 0 Å². The maximum absolute atomic E-state index is 13.9. The quantitative estimate of drug-likeness (QED) is 0.168. The van der Waals surface area contributed by atoms with Crippen molar-refractivity contribution in [3.05, 3.63) is 53.6 Å². The second-order valence-corrected chi connectivity index (χ2v) is 15.5. The summed E-state index contributed by atoms with van der Waals surface area (Å²) in [7, 11) is 0. The molecule has 0 unspecified atom stereocenters. The molecule has 0 saturated heterocycles. The molecule has 0 spiro atoms. The summed E-state index contributed by atoms with van der Waals surface area (Å²) in [6.45, 7) is 16.5. The predicted octanol–water partition coefficient (Wildman–Crippen LogP) is 6.17. The molecule has 5 rings (SSSR count). The summed E-state index contributed by atoms with van der Waals surface area (Å²) in [5.74, 6) is -0.368. The molecule has 2 atom stereocenters. The number of alkyl carbamates (subject to hydrolysis) is 1. The number of aromatic nitrogens is 4. The standard InChI is InChI=1S/C38H53N7O6/c1-21(2)32(42-37(49)51-38(7,8)9)36(48)50-20-44-24(6)30(23(5)43-44)25-14-16-28(17-15-25)40-35(47)33(31(26-10-11-26)27-12-13-27)41-34(46)29-18-19-39-45(29)22(3)4/h14-19,21-22,26-27,31-33H,10-13,20H2,1-9H3,(H,40,47)(H,41,46)(H,42,49)/t32-,33-/m0/s1. The summed E-state index contributed by atoms with van der Waals surface area (Å²) in [6, 6.07) is 7.66. The molecule has 0 aliphatic heterocycles. The minimum absolute atomic E-state index is 0.00829. The van der Waals surface area contributed by atoms with E-state index in [0.29, 0.717) is 23.2 Å². The van der Waals surface area contributed by atoms with Crippen molar-refractivity contribution < 1.29 is 28.7 Å². The SMILES string of the molecule is Cc1nn(COC(=O)[C@@H](NC(=O)OC(C)(C)C)C(C)C)c(C)c1-c1ccc(NC(=O)[C@@H](NC(=O)c2ccnn2C(C)C)C(C2CC2)C2CC2)cc1. The van der Waals surface area contributed by atoms with Crippen LogP contribution in [-0.2, 0) is 25.8 Å². The number of ether oxygens (including phenoxy) is 2. The first kappa shape index (κ1) is 37.6. The Hall–Kier alpha value is -4.68. The zero-order valence-corrected chi connectivity index (χ0v) is 31.3. The lowest BCUT2D eigenvalue weighted by Gasteiger charge is -2.28. The maximum atomic E-state index is 13.9. The van der Waals surface area contributed by atoms with E-state index in [2.05, 4.69) is 26.1 Å². The molecule has 3 amide bonds. The van der Waals surface area contributed by atoms with Gasteiger partial charge >= 0.3 is 12.1 Å². The predicted molar refractivity (Wildman–Crippen MR) is 193 cm³/mol. The molecule has 13 heteroatoms. The van der Waals surface area contributed by atoms with Gasteiger partial charge in [0.2, 0.25) is 5.91 Å². The molecule has 2 aliphatic rings. The molecule has 3 aromatic rings. The zero-order valence-electron chi connectivity index (χ0n) is 31.3. The third kappa shape index (κ3) is 9.36. The molecular formula is C38H53N7O6. The van der Waals surface area contributed by atoms with Gasteiger partial charge in [-0.15, -0.1) is 0 Å². The summed E-state index contributed by atoms with van der Waals surface area (Å²) in [5, 5.41) is 17.7. The fourth-order valence-corrected chi connectivity index (χ4v) is 6.68. The van der Waals surface area contributed by atoms with Gasteiger partial charge in [-0.3, -0.25) is 14.3 Å². The van der Waals surface area contributed by atoms with Crippen molar-refractivity contribution in [1.82, 2.24) is 30.2 Å². The highest BCUT2D eigenvalue weighted by atomic mass is 16.6. The highest BCUT2D eigenvalue weighted by Gasteiger charge is 2.48. The summed E-state index contributed by atoms with van der Waals surface area (Å²) in [4.78, 5) is 52.7. The van der Waals surface area contributed by atoms with E-state index >= 15 is 0 Å². The molecule has 276 valence electrons. The van der Waals surface area contributed by atoms with Crippen molar-refractivity contribution in [3.63, 3.8) is 0 Å². The van der Waals surface area contributed by atoms with Crippen LogP contribution in [0.15, 0.2) is 36.5 Å². The van der Waals surface area contributed by atoms with Crippen LogP contribution >= 0.6 is 0 Å². The highest BCUT2D eigenvalue weighted by molar-refractivity contribution is 6.01. The minimum Gasteiger partial charge on any atom is -0.444 e. The highest BCUT2D eigenvalue weighted by Crippen LogP contribution is 2.51. The molecule has 51 heavy (non-hydrogen) atoms. The van der Waals surface area contributed by atoms with Gasteiger partial charge in [0.1, 0.15) is 23.4 Å². The van der Waals surface area contributed by atoms with Gasteiger partial charge in [0, 0.05) is 29.2 Å². The van der Waals surface area contributed by atoms with Crippen LogP contribution in [-0.4, -0.2) is 61.1 Å². The van der Waals surface area contributed by atoms with E-state index in [1.807, 2.05) is 65.8 Å². The number of anilines is 1. The Labute approximate surface area is 300 Å². The smallest absolute Gasteiger partial charge is 0.408 e. The van der Waals surface area contributed by atoms with Crippen molar-refractivity contribution in [3.8, 4) is 11.1 Å². The van der Waals surface area contributed by atoms with Crippen LogP contribution in [0, 0.1) is 37.5 Å². The number of esters is 1. The van der Waals surface area contributed by atoms with Gasteiger partial charge < -0.3 is 25.4 Å². The van der Waals surface area contributed by atoms with Gasteiger partial charge in [0.25, 0.3) is 5.91 Å². The average molecular weight is 704 g/mol. The first-order valence-corrected chi connectivity index (χ1v) is 18.0. The summed E-state index contributed by atoms with van der Waals surface area (Å²) in [5.41, 5.74) is 3.66. The molecule has 13 nitrogen and oxygen atoms in total. The second-order valence-electron chi connectivity index (χ2n) is 15.5. The molecule has 2 heterocycles. The lowest BCUT2D eigenvalue weighted by atomic mass is 9.88. The van der Waals surface area contributed by atoms with Crippen LogP contribution in [0.25, 0.3) is 11.1 Å². The zero-order chi connectivity index (χ0) is 37.2. The maximum Gasteiger partial charge on any atom is 0.408 e. The number of carbonyl (C=O) groups excluding carboxylic acids is 4. The fourth-order valence-electron chi connectivity index (χ4n) is 6.68. The van der Waals surface area contributed by atoms with E-state index in [1.54, 1.807) is 42.4 Å². The van der Waals surface area contributed by atoms with Crippen LogP contribution in [0.1, 0.15) is 102 Å². The van der Waals surface area contributed by atoms with E-state index in [-0.39, 0.29) is 36.4 Å². The van der Waals surface area contributed by atoms with Crippen molar-refractivity contribution in [2.24, 2.45) is 23.7 Å². The van der Waals surface area contributed by atoms with Gasteiger partial charge in [0.15, 0.2) is 6.73 Å². The Balaban J connectivity index is 1.26. The average Bonchev–Trinajstić information content (AvgIpc) is 3.98. The second kappa shape index (κ2) is 15.3. The van der Waals surface area contributed by atoms with E-state index in [4.69, 9.17) is 9.47 Å². The Morgan fingerprint density at radius 3 is 2.08 bits per heavy atom. The summed E-state index contributed by atoms with van der Waals surface area (Å²) in [6.07, 6.45) is 5.23. The Morgan fingerprint density at radius 1 is 0.902 bits per heavy atom. The molecule has 2 fully saturated rings. The number of hydrogen-bond acceptors (Lipinski definition) is 8. The van der Waals surface area contributed by atoms with Gasteiger partial charge in [-0.1, -0.05) is 26.0 Å². The molecule has 0 bridgehead atoms. The normalized spacial score (nSPS) is 15.8. The Kier molecular flexibility index (Phi) is 11.3. The number of aryl methyl sites for hydroxylation is 1. The number of carbonyl (C=O) groups is 4. The van der Waals surface area contributed by atoms with Crippen molar-refractivity contribution in [1.29, 1.82) is 0 Å². The lowest BCUT2D eigenvalue weighted by molar-refractivity contribution is -0.151. The van der Waals surface area contributed by atoms with Gasteiger partial charge in [-0.25, -0.2) is 14.3 Å². The minimum atomic E-state index is -0.890. The topological polar surface area (TPSA) is 158 Å². The number of hydrogen-bond donors (Lipinski definition) is 3. The van der Waals surface area contributed by atoms with Crippen molar-refractivity contribution >= 4 is 29.6 Å². The van der Waals surface area contributed by atoms with E-state index < -0.39 is 29.7 Å². The molecule has 2 saturated carbocycles. The van der Waals surface area contributed by atoms with Crippen LogP contribution in [0.2, 0.25) is 0 Å². The molecular weight excluding hydrogens is 650 g/mol.